The van der Waals surface area contributed by atoms with Gasteiger partial charge in [-0.1, -0.05) is 152 Å². The van der Waals surface area contributed by atoms with E-state index in [2.05, 4.69) is 67.8 Å². The van der Waals surface area contributed by atoms with E-state index >= 15 is 0 Å². The third-order valence-electron chi connectivity index (χ3n) is 9.17. The average Bonchev–Trinajstić information content (AvgIpc) is 3.11. The molecule has 0 aromatic carbocycles. The summed E-state index contributed by atoms with van der Waals surface area (Å²) in [6, 6.07) is -0.864. The summed E-state index contributed by atoms with van der Waals surface area (Å²) in [4.78, 5) is 36.3. The number of hydrogen-bond donors (Lipinski definition) is 3. The van der Waals surface area contributed by atoms with Crippen molar-refractivity contribution in [3.05, 3.63) is 48.6 Å². The minimum absolute atomic E-state index is 0.0608. The van der Waals surface area contributed by atoms with Crippen molar-refractivity contribution in [3.63, 3.8) is 0 Å². The summed E-state index contributed by atoms with van der Waals surface area (Å²) in [6.07, 6.45) is 45.8. The highest BCUT2D eigenvalue weighted by molar-refractivity contribution is 5.83. The molecule has 0 heterocycles. The van der Waals surface area contributed by atoms with Gasteiger partial charge in [-0.2, -0.15) is 0 Å². The Bertz CT molecular complexity index is 942. The van der Waals surface area contributed by atoms with Crippen molar-refractivity contribution in [1.82, 2.24) is 5.32 Å². The molecule has 0 fully saturated rings. The zero-order valence-electron chi connectivity index (χ0n) is 32.9. The molecule has 0 rings (SSSR count). The first-order valence-electron chi connectivity index (χ1n) is 21.0. The van der Waals surface area contributed by atoms with Gasteiger partial charge >= 0.3 is 11.9 Å². The lowest BCUT2D eigenvalue weighted by molar-refractivity contribution is -0.150. The molecular formula is C44H78N2O5. The Hall–Kier alpha value is -2.67. The van der Waals surface area contributed by atoms with Crippen LogP contribution in [0.4, 0.5) is 0 Å². The van der Waals surface area contributed by atoms with Crippen LogP contribution in [0.25, 0.3) is 0 Å². The Labute approximate surface area is 313 Å². The van der Waals surface area contributed by atoms with E-state index < -0.39 is 12.0 Å². The molecule has 294 valence electrons. The standard InChI is InChI=1S/C44H78N2O5/c1-3-5-7-9-11-13-15-17-18-20-22-25-29-34-40(51-43(48)38-32-28-23-21-19-16-14-12-10-8-6-4-2)35-30-26-24-27-31-37-42(47)46-41(44(49)50)36-33-39-45/h5,7,11,13,17-18,22,25,40-41H,3-4,6,8-10,12,14-16,19-21,23-24,26-39,45H2,1-2H3,(H,46,47)(H,49,50)/b7-5-,13-11-,18-17-,25-22-. The van der Waals surface area contributed by atoms with Crippen LogP contribution in [0.3, 0.4) is 0 Å². The van der Waals surface area contributed by atoms with Crippen molar-refractivity contribution in [1.29, 1.82) is 0 Å². The van der Waals surface area contributed by atoms with E-state index in [1.165, 1.54) is 64.2 Å². The van der Waals surface area contributed by atoms with E-state index in [9.17, 15) is 19.5 Å². The molecule has 7 heteroatoms. The van der Waals surface area contributed by atoms with Gasteiger partial charge in [0.25, 0.3) is 0 Å². The summed E-state index contributed by atoms with van der Waals surface area (Å²) in [5.74, 6) is -1.28. The highest BCUT2D eigenvalue weighted by Crippen LogP contribution is 2.17. The van der Waals surface area contributed by atoms with Gasteiger partial charge in [-0.25, -0.2) is 4.79 Å². The van der Waals surface area contributed by atoms with Gasteiger partial charge in [0.1, 0.15) is 12.1 Å². The molecule has 0 aromatic heterocycles. The fraction of sp³-hybridized carbons (Fsp3) is 0.750. The molecule has 2 atom stereocenters. The summed E-state index contributed by atoms with van der Waals surface area (Å²) in [5.41, 5.74) is 5.48. The fourth-order valence-electron chi connectivity index (χ4n) is 6.03. The van der Waals surface area contributed by atoms with E-state index in [4.69, 9.17) is 10.5 Å². The molecule has 0 spiro atoms. The largest absolute Gasteiger partial charge is 0.480 e. The molecule has 0 aliphatic heterocycles. The molecule has 0 aliphatic carbocycles. The maximum Gasteiger partial charge on any atom is 0.326 e. The minimum atomic E-state index is -1.01. The number of carboxylic acids is 1. The van der Waals surface area contributed by atoms with Crippen LogP contribution in [0.1, 0.15) is 194 Å². The van der Waals surface area contributed by atoms with Crippen LogP contribution in [-0.2, 0) is 19.1 Å². The highest BCUT2D eigenvalue weighted by atomic mass is 16.5. The van der Waals surface area contributed by atoms with E-state index in [-0.39, 0.29) is 18.0 Å². The van der Waals surface area contributed by atoms with Crippen molar-refractivity contribution < 1.29 is 24.2 Å². The smallest absolute Gasteiger partial charge is 0.326 e. The summed E-state index contributed by atoms with van der Waals surface area (Å²) in [5, 5.41) is 11.9. The number of allylic oxidation sites excluding steroid dienone is 8. The molecule has 0 aliphatic rings. The molecule has 7 nitrogen and oxygen atoms in total. The number of esters is 1. The molecule has 51 heavy (non-hydrogen) atoms. The SMILES string of the molecule is CC/C=C\C/C=C\C/C=C\C/C=C\CCC(CCCCCCCC(=O)NC(CCCN)C(=O)O)OC(=O)CCCCCCCCCCCCCC. The molecule has 4 N–H and O–H groups in total. The third kappa shape index (κ3) is 35.5. The number of hydrogen-bond acceptors (Lipinski definition) is 5. The fourth-order valence-corrected chi connectivity index (χ4v) is 6.03. The van der Waals surface area contributed by atoms with Crippen LogP contribution in [0.2, 0.25) is 0 Å². The number of nitrogens with two attached hydrogens (primary N) is 1. The average molecular weight is 715 g/mol. The number of amides is 1. The molecule has 0 saturated heterocycles. The monoisotopic (exact) mass is 715 g/mol. The first kappa shape index (κ1) is 48.3. The summed E-state index contributed by atoms with van der Waals surface area (Å²) < 4.78 is 5.99. The molecule has 0 saturated carbocycles. The molecule has 0 aromatic rings. The van der Waals surface area contributed by atoms with Crippen molar-refractivity contribution >= 4 is 17.8 Å². The second-order valence-electron chi connectivity index (χ2n) is 14.0. The number of carboxylic acid groups (broad SMARTS) is 1. The van der Waals surface area contributed by atoms with Gasteiger partial charge in [-0.3, -0.25) is 9.59 Å². The van der Waals surface area contributed by atoms with Gasteiger partial charge in [0.15, 0.2) is 0 Å². The zero-order chi connectivity index (χ0) is 37.5. The van der Waals surface area contributed by atoms with Crippen molar-refractivity contribution in [2.24, 2.45) is 5.73 Å². The Morgan fingerprint density at radius 2 is 1.08 bits per heavy atom. The lowest BCUT2D eigenvalue weighted by Crippen LogP contribution is -2.40. The molecule has 2 unspecified atom stereocenters. The lowest BCUT2D eigenvalue weighted by Gasteiger charge is -2.17. The number of carbonyl (C=O) groups is 3. The van der Waals surface area contributed by atoms with Crippen LogP contribution in [0, 0.1) is 0 Å². The molecule has 0 radical (unpaired) electrons. The van der Waals surface area contributed by atoms with E-state index in [0.717, 1.165) is 89.9 Å². The van der Waals surface area contributed by atoms with Crippen LogP contribution in [0.5, 0.6) is 0 Å². The van der Waals surface area contributed by atoms with E-state index in [1.54, 1.807) is 0 Å². The topological polar surface area (TPSA) is 119 Å². The van der Waals surface area contributed by atoms with Crippen LogP contribution < -0.4 is 11.1 Å². The Balaban J connectivity index is 4.45. The van der Waals surface area contributed by atoms with Gasteiger partial charge in [0, 0.05) is 12.8 Å². The first-order chi connectivity index (χ1) is 24.9. The zero-order valence-corrected chi connectivity index (χ0v) is 32.9. The summed E-state index contributed by atoms with van der Waals surface area (Å²) in [7, 11) is 0. The van der Waals surface area contributed by atoms with Crippen LogP contribution in [-0.4, -0.2) is 41.6 Å². The van der Waals surface area contributed by atoms with Crippen molar-refractivity contribution in [2.45, 2.75) is 206 Å². The predicted octanol–water partition coefficient (Wildman–Crippen LogP) is 11.6. The second-order valence-corrected chi connectivity index (χ2v) is 14.0. The summed E-state index contributed by atoms with van der Waals surface area (Å²) >= 11 is 0. The second kappa shape index (κ2) is 38.6. The maximum absolute atomic E-state index is 12.7. The number of ether oxygens (including phenoxy) is 1. The third-order valence-corrected chi connectivity index (χ3v) is 9.17. The van der Waals surface area contributed by atoms with Gasteiger partial charge in [0.05, 0.1) is 0 Å². The van der Waals surface area contributed by atoms with Gasteiger partial charge in [-0.05, 0) is 83.6 Å². The quantitative estimate of drug-likeness (QED) is 0.0335. The van der Waals surface area contributed by atoms with Gasteiger partial charge in [0.2, 0.25) is 5.91 Å². The van der Waals surface area contributed by atoms with E-state index in [1.807, 2.05) is 0 Å². The maximum atomic E-state index is 12.7. The van der Waals surface area contributed by atoms with Crippen LogP contribution >= 0.6 is 0 Å². The Morgan fingerprint density at radius 3 is 1.61 bits per heavy atom. The number of rotatable bonds is 37. The number of carbonyl (C=O) groups excluding carboxylic acids is 2. The van der Waals surface area contributed by atoms with Crippen molar-refractivity contribution in [2.75, 3.05) is 6.54 Å². The Kier molecular flexibility index (Phi) is 36.5. The number of aliphatic carboxylic acids is 1. The predicted molar refractivity (Wildman–Crippen MR) is 216 cm³/mol. The Morgan fingerprint density at radius 1 is 0.588 bits per heavy atom. The van der Waals surface area contributed by atoms with Gasteiger partial charge < -0.3 is 20.9 Å². The normalized spacial score (nSPS) is 13.2. The van der Waals surface area contributed by atoms with Crippen molar-refractivity contribution in [3.8, 4) is 0 Å². The summed E-state index contributed by atoms with van der Waals surface area (Å²) in [6.45, 7) is 4.82. The first-order valence-corrected chi connectivity index (χ1v) is 21.0. The molecule has 1 amide bonds. The van der Waals surface area contributed by atoms with Gasteiger partial charge in [-0.15, -0.1) is 0 Å². The van der Waals surface area contributed by atoms with Crippen LogP contribution in [0.15, 0.2) is 48.6 Å². The molecular weight excluding hydrogens is 636 g/mol. The highest BCUT2D eigenvalue weighted by Gasteiger charge is 2.19. The van der Waals surface area contributed by atoms with E-state index in [0.29, 0.717) is 32.2 Å². The number of nitrogens with one attached hydrogen (secondary N) is 1. The minimum Gasteiger partial charge on any atom is -0.480 e. The number of unbranched alkanes of at least 4 members (excludes halogenated alkanes) is 15. The lowest BCUT2D eigenvalue weighted by atomic mass is 10.0. The molecule has 0 bridgehead atoms.